The van der Waals surface area contributed by atoms with Crippen molar-refractivity contribution in [2.24, 2.45) is 0 Å². The molecule has 1 aromatic heterocycles. The Morgan fingerprint density at radius 3 is 2.43 bits per heavy atom. The lowest BCUT2D eigenvalue weighted by molar-refractivity contribution is -0.136. The van der Waals surface area contributed by atoms with Crippen LogP contribution in [0.25, 0.3) is 6.08 Å². The van der Waals surface area contributed by atoms with E-state index >= 15 is 0 Å². The molecule has 1 aliphatic rings. The summed E-state index contributed by atoms with van der Waals surface area (Å²) in [5, 5.41) is 0. The summed E-state index contributed by atoms with van der Waals surface area (Å²) in [7, 11) is 3.02. The molecular formula is C22H24N2O6. The molecule has 1 fully saturated rings. The fourth-order valence-corrected chi connectivity index (χ4v) is 3.13. The first-order chi connectivity index (χ1) is 14.5. The molecule has 0 aliphatic carbocycles. The summed E-state index contributed by atoms with van der Waals surface area (Å²) in [4.78, 5) is 41.1. The molecule has 3 rings (SSSR count). The molecule has 2 heterocycles. The maximum absolute atomic E-state index is 13.1. The number of unbranched alkanes of at least 4 members (excludes halogenated alkanes) is 1. The van der Waals surface area contributed by atoms with Crippen molar-refractivity contribution in [2.75, 3.05) is 20.8 Å². The first-order valence-electron chi connectivity index (χ1n) is 9.64. The third-order valence-electron chi connectivity index (χ3n) is 4.78. The minimum atomic E-state index is -0.674. The quantitative estimate of drug-likeness (QED) is 0.487. The molecule has 1 saturated heterocycles. The van der Waals surface area contributed by atoms with Crippen LogP contribution in [0.4, 0.5) is 4.79 Å². The van der Waals surface area contributed by atoms with Crippen molar-refractivity contribution in [2.45, 2.75) is 26.3 Å². The van der Waals surface area contributed by atoms with Crippen LogP contribution in [0, 0.1) is 0 Å². The molecule has 30 heavy (non-hydrogen) atoms. The first-order valence-corrected chi connectivity index (χ1v) is 9.64. The Labute approximate surface area is 174 Å². The number of imide groups is 2. The number of hydrogen-bond acceptors (Lipinski definition) is 6. The van der Waals surface area contributed by atoms with Crippen molar-refractivity contribution < 1.29 is 28.3 Å². The number of methoxy groups -OCH3 is 2. The van der Waals surface area contributed by atoms with Crippen molar-refractivity contribution in [1.82, 2.24) is 9.80 Å². The lowest BCUT2D eigenvalue weighted by Crippen LogP contribution is -2.56. The van der Waals surface area contributed by atoms with Crippen LogP contribution in [0.2, 0.25) is 0 Å². The Morgan fingerprint density at radius 1 is 1.03 bits per heavy atom. The Bertz CT molecular complexity index is 964. The van der Waals surface area contributed by atoms with E-state index in [1.165, 1.54) is 26.6 Å². The van der Waals surface area contributed by atoms with E-state index in [1.54, 1.807) is 30.3 Å². The average molecular weight is 412 g/mol. The monoisotopic (exact) mass is 412 g/mol. The lowest BCUT2D eigenvalue weighted by atomic mass is 10.0. The van der Waals surface area contributed by atoms with E-state index < -0.39 is 17.8 Å². The summed E-state index contributed by atoms with van der Waals surface area (Å²) in [6.45, 7) is 2.13. The van der Waals surface area contributed by atoms with Crippen LogP contribution in [0.15, 0.2) is 46.6 Å². The van der Waals surface area contributed by atoms with Gasteiger partial charge in [0.1, 0.15) is 22.8 Å². The fourth-order valence-electron chi connectivity index (χ4n) is 3.13. The van der Waals surface area contributed by atoms with Crippen molar-refractivity contribution in [1.29, 1.82) is 0 Å². The second-order valence-corrected chi connectivity index (χ2v) is 6.73. The number of benzene rings is 1. The lowest BCUT2D eigenvalue weighted by Gasteiger charge is -2.33. The normalized spacial score (nSPS) is 15.8. The molecule has 8 heteroatoms. The SMILES string of the molecule is CCCCN1C(=O)C(=Cc2ccc(OC)cc2OC)C(=O)N(Cc2ccco2)C1=O. The van der Waals surface area contributed by atoms with Crippen molar-refractivity contribution in [3.8, 4) is 11.5 Å². The molecule has 0 unspecified atom stereocenters. The van der Waals surface area contributed by atoms with E-state index in [0.29, 0.717) is 29.2 Å². The van der Waals surface area contributed by atoms with Gasteiger partial charge in [-0.25, -0.2) is 4.79 Å². The average Bonchev–Trinajstić information content (AvgIpc) is 3.27. The number of hydrogen-bond donors (Lipinski definition) is 0. The number of ether oxygens (including phenoxy) is 2. The smallest absolute Gasteiger partial charge is 0.334 e. The molecule has 1 aromatic carbocycles. The zero-order valence-corrected chi connectivity index (χ0v) is 17.2. The third-order valence-corrected chi connectivity index (χ3v) is 4.78. The highest BCUT2D eigenvalue weighted by atomic mass is 16.5. The van der Waals surface area contributed by atoms with Gasteiger partial charge in [-0.1, -0.05) is 13.3 Å². The maximum Gasteiger partial charge on any atom is 0.334 e. The highest BCUT2D eigenvalue weighted by molar-refractivity contribution is 6.30. The number of furan rings is 1. The van der Waals surface area contributed by atoms with Gasteiger partial charge in [-0.15, -0.1) is 0 Å². The summed E-state index contributed by atoms with van der Waals surface area (Å²) >= 11 is 0. The number of amides is 4. The van der Waals surface area contributed by atoms with E-state index in [4.69, 9.17) is 13.9 Å². The predicted molar refractivity (Wildman–Crippen MR) is 109 cm³/mol. The zero-order chi connectivity index (χ0) is 21.7. The van der Waals surface area contributed by atoms with Crippen LogP contribution in [0.1, 0.15) is 31.1 Å². The highest BCUT2D eigenvalue weighted by Gasteiger charge is 2.42. The number of nitrogens with zero attached hydrogens (tertiary/aromatic N) is 2. The molecule has 8 nitrogen and oxygen atoms in total. The van der Waals surface area contributed by atoms with Crippen LogP contribution < -0.4 is 9.47 Å². The number of urea groups is 1. The molecule has 2 aromatic rings. The molecule has 158 valence electrons. The van der Waals surface area contributed by atoms with Crippen molar-refractivity contribution in [3.63, 3.8) is 0 Å². The van der Waals surface area contributed by atoms with Crippen molar-refractivity contribution >= 4 is 23.9 Å². The summed E-state index contributed by atoms with van der Waals surface area (Å²) < 4.78 is 15.8. The van der Waals surface area contributed by atoms with Gasteiger partial charge in [0.2, 0.25) is 0 Å². The second-order valence-electron chi connectivity index (χ2n) is 6.73. The minimum absolute atomic E-state index is 0.0579. The van der Waals surface area contributed by atoms with E-state index in [9.17, 15) is 14.4 Å². The molecular weight excluding hydrogens is 388 g/mol. The summed E-state index contributed by atoms with van der Waals surface area (Å²) in [5.41, 5.74) is 0.415. The van der Waals surface area contributed by atoms with E-state index in [0.717, 1.165) is 16.2 Å². The second kappa shape index (κ2) is 9.30. The van der Waals surface area contributed by atoms with Gasteiger partial charge in [0.05, 0.1) is 27.0 Å². The van der Waals surface area contributed by atoms with Gasteiger partial charge in [0, 0.05) is 18.2 Å². The Hall–Kier alpha value is -3.55. The summed E-state index contributed by atoms with van der Waals surface area (Å²) in [6, 6.07) is 7.75. The number of carbonyl (C=O) groups excluding carboxylic acids is 3. The van der Waals surface area contributed by atoms with E-state index in [2.05, 4.69) is 0 Å². The van der Waals surface area contributed by atoms with Crippen LogP contribution in [0.5, 0.6) is 11.5 Å². The highest BCUT2D eigenvalue weighted by Crippen LogP contribution is 2.29. The van der Waals surface area contributed by atoms with Gasteiger partial charge < -0.3 is 13.9 Å². The largest absolute Gasteiger partial charge is 0.497 e. The van der Waals surface area contributed by atoms with Gasteiger partial charge in [0.15, 0.2) is 0 Å². The minimum Gasteiger partial charge on any atom is -0.497 e. The van der Waals surface area contributed by atoms with Crippen LogP contribution in [-0.4, -0.2) is 48.4 Å². The third kappa shape index (κ3) is 4.22. The summed E-state index contributed by atoms with van der Waals surface area (Å²) in [6.07, 6.45) is 4.35. The molecule has 0 N–H and O–H groups in total. The summed E-state index contributed by atoms with van der Waals surface area (Å²) in [5.74, 6) is 0.174. The van der Waals surface area contributed by atoms with Gasteiger partial charge >= 0.3 is 6.03 Å². The molecule has 0 bridgehead atoms. The zero-order valence-electron chi connectivity index (χ0n) is 17.2. The van der Waals surface area contributed by atoms with Gasteiger partial charge in [-0.05, 0) is 36.8 Å². The van der Waals surface area contributed by atoms with Gasteiger partial charge in [0.25, 0.3) is 11.8 Å². The van der Waals surface area contributed by atoms with Gasteiger partial charge in [-0.2, -0.15) is 0 Å². The van der Waals surface area contributed by atoms with Crippen LogP contribution in [0.3, 0.4) is 0 Å². The Balaban J connectivity index is 2.02. The molecule has 0 spiro atoms. The van der Waals surface area contributed by atoms with E-state index in [1.807, 2.05) is 6.92 Å². The number of carbonyl (C=O) groups is 3. The molecule has 0 radical (unpaired) electrons. The fraction of sp³-hybridized carbons (Fsp3) is 0.318. The molecule has 1 aliphatic heterocycles. The van der Waals surface area contributed by atoms with Crippen LogP contribution >= 0.6 is 0 Å². The van der Waals surface area contributed by atoms with E-state index in [-0.39, 0.29) is 18.7 Å². The topological polar surface area (TPSA) is 89.3 Å². The maximum atomic E-state index is 13.1. The predicted octanol–water partition coefficient (Wildman–Crippen LogP) is 3.47. The molecule has 0 atom stereocenters. The standard InChI is InChI=1S/C22H24N2O6/c1-4-5-10-23-20(25)18(12-15-8-9-16(28-2)13-19(15)29-3)21(26)24(22(23)27)14-17-7-6-11-30-17/h6-9,11-13H,4-5,10,14H2,1-3H3. The molecule has 0 saturated carbocycles. The van der Waals surface area contributed by atoms with Crippen LogP contribution in [-0.2, 0) is 16.1 Å². The van der Waals surface area contributed by atoms with Crippen molar-refractivity contribution in [3.05, 3.63) is 53.5 Å². The number of barbiturate groups is 1. The Morgan fingerprint density at radius 2 is 1.80 bits per heavy atom. The Kier molecular flexibility index (Phi) is 6.56. The molecule has 4 amide bonds. The number of rotatable bonds is 8. The first kappa shape index (κ1) is 21.2. The van der Waals surface area contributed by atoms with Gasteiger partial charge in [-0.3, -0.25) is 19.4 Å².